The van der Waals surface area contributed by atoms with Crippen LogP contribution in [0.15, 0.2) is 47.6 Å². The Morgan fingerprint density at radius 1 is 1.07 bits per heavy atom. The Morgan fingerprint density at radius 3 is 2.24 bits per heavy atom. The minimum Gasteiger partial charge on any atom is -0.267 e. The third-order valence-corrected chi connectivity index (χ3v) is 6.21. The van der Waals surface area contributed by atoms with Crippen molar-refractivity contribution >= 4 is 50.5 Å². The van der Waals surface area contributed by atoms with E-state index in [0.29, 0.717) is 16.8 Å². The van der Waals surface area contributed by atoms with Crippen molar-refractivity contribution < 1.29 is 13.2 Å². The monoisotopic (exact) mass is 455 g/mol. The summed E-state index contributed by atoms with van der Waals surface area (Å²) in [4.78, 5) is 12.2. The Morgan fingerprint density at radius 2 is 1.69 bits per heavy atom. The standard InChI is InChI=1S/C20H23Cl2N3O3S/c1-4-16(5-2)23-24-20(26)15-11-9-14(10-12-15)13-25(29(3,27)28)18-8-6-7-17(21)19(18)22/h6-12H,4-5,13H2,1-3H3,(H,24,26). The molecule has 0 bridgehead atoms. The topological polar surface area (TPSA) is 78.8 Å². The Hall–Kier alpha value is -2.09. The highest BCUT2D eigenvalue weighted by molar-refractivity contribution is 7.92. The van der Waals surface area contributed by atoms with Crippen molar-refractivity contribution in [1.29, 1.82) is 0 Å². The van der Waals surface area contributed by atoms with Crippen LogP contribution < -0.4 is 9.73 Å². The molecule has 156 valence electrons. The van der Waals surface area contributed by atoms with E-state index in [9.17, 15) is 13.2 Å². The number of nitrogens with zero attached hydrogens (tertiary/aromatic N) is 2. The Bertz CT molecular complexity index is 1000. The molecule has 0 radical (unpaired) electrons. The second-order valence-corrected chi connectivity index (χ2v) is 9.06. The van der Waals surface area contributed by atoms with Crippen molar-refractivity contribution in [2.24, 2.45) is 5.10 Å². The average Bonchev–Trinajstić information content (AvgIpc) is 2.69. The molecule has 0 heterocycles. The minimum absolute atomic E-state index is 0.0504. The maximum atomic E-state index is 12.3. The molecule has 0 saturated heterocycles. The van der Waals surface area contributed by atoms with Gasteiger partial charge in [-0.3, -0.25) is 9.10 Å². The van der Waals surface area contributed by atoms with Crippen LogP contribution in [0.1, 0.15) is 42.6 Å². The van der Waals surface area contributed by atoms with E-state index in [4.69, 9.17) is 23.2 Å². The third-order valence-electron chi connectivity index (χ3n) is 4.27. The molecule has 9 heteroatoms. The zero-order valence-corrected chi connectivity index (χ0v) is 18.8. The summed E-state index contributed by atoms with van der Waals surface area (Å²) in [5.41, 5.74) is 4.85. The van der Waals surface area contributed by atoms with E-state index in [1.54, 1.807) is 42.5 Å². The van der Waals surface area contributed by atoms with Gasteiger partial charge in [-0.25, -0.2) is 13.8 Å². The molecule has 0 atom stereocenters. The molecule has 0 aromatic heterocycles. The number of sulfonamides is 1. The number of hydrogen-bond acceptors (Lipinski definition) is 4. The van der Waals surface area contributed by atoms with Gasteiger partial charge in [0.1, 0.15) is 0 Å². The Balaban J connectivity index is 2.23. The fourth-order valence-electron chi connectivity index (χ4n) is 2.60. The zero-order chi connectivity index (χ0) is 21.6. The van der Waals surface area contributed by atoms with Gasteiger partial charge in [-0.05, 0) is 42.7 Å². The molecule has 2 aromatic rings. The molecule has 2 rings (SSSR count). The molecular weight excluding hydrogens is 433 g/mol. The smallest absolute Gasteiger partial charge is 0.267 e. The lowest BCUT2D eigenvalue weighted by Gasteiger charge is -2.24. The summed E-state index contributed by atoms with van der Waals surface area (Å²) < 4.78 is 25.8. The third kappa shape index (κ3) is 6.19. The van der Waals surface area contributed by atoms with Crippen molar-refractivity contribution in [3.8, 4) is 0 Å². The van der Waals surface area contributed by atoms with Crippen LogP contribution in [-0.4, -0.2) is 26.3 Å². The summed E-state index contributed by atoms with van der Waals surface area (Å²) in [5, 5.41) is 4.53. The average molecular weight is 456 g/mol. The van der Waals surface area contributed by atoms with Crippen molar-refractivity contribution in [3.05, 3.63) is 63.6 Å². The molecular formula is C20H23Cl2N3O3S. The number of hydrazone groups is 1. The summed E-state index contributed by atoms with van der Waals surface area (Å²) in [7, 11) is -3.61. The number of anilines is 1. The van der Waals surface area contributed by atoms with Gasteiger partial charge in [-0.15, -0.1) is 0 Å². The highest BCUT2D eigenvalue weighted by Crippen LogP contribution is 2.34. The largest absolute Gasteiger partial charge is 0.271 e. The van der Waals surface area contributed by atoms with E-state index in [1.165, 1.54) is 4.31 Å². The molecule has 0 aliphatic carbocycles. The van der Waals surface area contributed by atoms with E-state index in [0.717, 1.165) is 24.8 Å². The van der Waals surface area contributed by atoms with E-state index in [2.05, 4.69) is 10.5 Å². The van der Waals surface area contributed by atoms with Crippen LogP contribution in [0.3, 0.4) is 0 Å². The fraction of sp³-hybridized carbons (Fsp3) is 0.300. The maximum Gasteiger partial charge on any atom is 0.271 e. The first-order valence-corrected chi connectivity index (χ1v) is 11.6. The molecule has 0 unspecified atom stereocenters. The molecule has 0 aliphatic heterocycles. The van der Waals surface area contributed by atoms with Crippen LogP contribution in [0.5, 0.6) is 0 Å². The predicted molar refractivity (Wildman–Crippen MR) is 119 cm³/mol. The second kappa shape index (κ2) is 10.1. The lowest BCUT2D eigenvalue weighted by molar-refractivity contribution is 0.0954. The van der Waals surface area contributed by atoms with E-state index >= 15 is 0 Å². The van der Waals surface area contributed by atoms with Gasteiger partial charge >= 0.3 is 0 Å². The van der Waals surface area contributed by atoms with Crippen molar-refractivity contribution in [1.82, 2.24) is 5.43 Å². The number of carbonyl (C=O) groups is 1. The van der Waals surface area contributed by atoms with Crippen LogP contribution in [-0.2, 0) is 16.6 Å². The first-order valence-electron chi connectivity index (χ1n) is 9.03. The first-order chi connectivity index (χ1) is 13.7. The Labute approximate surface area is 181 Å². The predicted octanol–water partition coefficient (Wildman–Crippen LogP) is 4.87. The van der Waals surface area contributed by atoms with Crippen LogP contribution >= 0.6 is 23.2 Å². The van der Waals surface area contributed by atoms with E-state index in [-0.39, 0.29) is 22.5 Å². The van der Waals surface area contributed by atoms with Gasteiger partial charge in [0, 0.05) is 11.3 Å². The summed E-state index contributed by atoms with van der Waals surface area (Å²) in [6.45, 7) is 4.00. The number of amides is 1. The molecule has 2 aromatic carbocycles. The van der Waals surface area contributed by atoms with Crippen LogP contribution in [0, 0.1) is 0 Å². The molecule has 29 heavy (non-hydrogen) atoms. The summed E-state index contributed by atoms with van der Waals surface area (Å²) in [6, 6.07) is 11.4. The molecule has 1 amide bonds. The number of benzene rings is 2. The van der Waals surface area contributed by atoms with Crippen LogP contribution in [0.2, 0.25) is 10.0 Å². The lowest BCUT2D eigenvalue weighted by Crippen LogP contribution is -2.29. The minimum atomic E-state index is -3.61. The molecule has 0 fully saturated rings. The number of nitrogens with one attached hydrogen (secondary N) is 1. The van der Waals surface area contributed by atoms with Gasteiger partial charge in [0.05, 0.1) is 28.5 Å². The van der Waals surface area contributed by atoms with Gasteiger partial charge in [0.2, 0.25) is 10.0 Å². The second-order valence-electron chi connectivity index (χ2n) is 6.37. The Kier molecular flexibility index (Phi) is 8.07. The van der Waals surface area contributed by atoms with E-state index < -0.39 is 10.0 Å². The summed E-state index contributed by atoms with van der Waals surface area (Å²) >= 11 is 12.2. The maximum absolute atomic E-state index is 12.3. The zero-order valence-electron chi connectivity index (χ0n) is 16.4. The lowest BCUT2D eigenvalue weighted by atomic mass is 10.1. The number of hydrogen-bond donors (Lipinski definition) is 1. The molecule has 1 N–H and O–H groups in total. The van der Waals surface area contributed by atoms with Crippen LogP contribution in [0.4, 0.5) is 5.69 Å². The highest BCUT2D eigenvalue weighted by Gasteiger charge is 2.21. The summed E-state index contributed by atoms with van der Waals surface area (Å²) in [6.07, 6.45) is 2.63. The SMILES string of the molecule is CCC(CC)=NNC(=O)c1ccc(CN(c2cccc(Cl)c2Cl)S(C)(=O)=O)cc1. The molecule has 0 saturated carbocycles. The van der Waals surface area contributed by atoms with Gasteiger partial charge in [-0.2, -0.15) is 5.10 Å². The van der Waals surface area contributed by atoms with Crippen molar-refractivity contribution in [2.45, 2.75) is 33.2 Å². The quantitative estimate of drug-likeness (QED) is 0.455. The number of rotatable bonds is 8. The normalized spacial score (nSPS) is 11.1. The first kappa shape index (κ1) is 23.2. The number of halogens is 2. The number of carbonyl (C=O) groups excluding carboxylic acids is 1. The molecule has 6 nitrogen and oxygen atoms in total. The van der Waals surface area contributed by atoms with Crippen molar-refractivity contribution in [3.63, 3.8) is 0 Å². The molecule has 0 aliphatic rings. The van der Waals surface area contributed by atoms with Gasteiger partial charge in [-0.1, -0.05) is 55.2 Å². The van der Waals surface area contributed by atoms with Gasteiger partial charge in [0.15, 0.2) is 0 Å². The van der Waals surface area contributed by atoms with Crippen LogP contribution in [0.25, 0.3) is 0 Å². The van der Waals surface area contributed by atoms with Crippen molar-refractivity contribution in [2.75, 3.05) is 10.6 Å². The molecule has 0 spiro atoms. The highest BCUT2D eigenvalue weighted by atomic mass is 35.5. The fourth-order valence-corrected chi connectivity index (χ4v) is 3.94. The van der Waals surface area contributed by atoms with Gasteiger partial charge in [0.25, 0.3) is 5.91 Å². The van der Waals surface area contributed by atoms with E-state index in [1.807, 2.05) is 13.8 Å². The summed E-state index contributed by atoms with van der Waals surface area (Å²) in [5.74, 6) is -0.325. The van der Waals surface area contributed by atoms with Gasteiger partial charge < -0.3 is 0 Å².